The van der Waals surface area contributed by atoms with Gasteiger partial charge in [0.2, 0.25) is 10.0 Å². The Hall–Kier alpha value is -1.66. The first-order valence-corrected chi connectivity index (χ1v) is 10.4. The van der Waals surface area contributed by atoms with Crippen LogP contribution >= 0.6 is 0 Å². The van der Waals surface area contributed by atoms with E-state index in [2.05, 4.69) is 18.8 Å². The predicted molar refractivity (Wildman–Crippen MR) is 96.7 cm³/mol. The van der Waals surface area contributed by atoms with Crippen molar-refractivity contribution in [3.05, 3.63) is 47.5 Å². The maximum atomic E-state index is 13.3. The predicted octanol–water partition coefficient (Wildman–Crippen LogP) is 3.07. The van der Waals surface area contributed by atoms with Gasteiger partial charge in [-0.2, -0.15) is 4.31 Å². The molecule has 2 aliphatic rings. The van der Waals surface area contributed by atoms with E-state index in [1.807, 2.05) is 29.9 Å². The van der Waals surface area contributed by atoms with Crippen molar-refractivity contribution in [2.24, 2.45) is 12.5 Å². The summed E-state index contributed by atoms with van der Waals surface area (Å²) in [4.78, 5) is 4.84. The summed E-state index contributed by atoms with van der Waals surface area (Å²) < 4.78 is 30.1. The van der Waals surface area contributed by atoms with Gasteiger partial charge in [-0.1, -0.05) is 19.9 Å². The van der Waals surface area contributed by atoms with Crippen LogP contribution in [0.3, 0.4) is 0 Å². The van der Waals surface area contributed by atoms with Gasteiger partial charge in [-0.25, -0.2) is 13.4 Å². The van der Waals surface area contributed by atoms with Crippen LogP contribution in [0.4, 0.5) is 0 Å². The van der Waals surface area contributed by atoms with Crippen LogP contribution < -0.4 is 0 Å². The lowest BCUT2D eigenvalue weighted by atomic mass is 9.76. The van der Waals surface area contributed by atoms with Gasteiger partial charge in [0.15, 0.2) is 0 Å². The van der Waals surface area contributed by atoms with Crippen molar-refractivity contribution < 1.29 is 8.42 Å². The molecule has 2 heterocycles. The van der Waals surface area contributed by atoms with Gasteiger partial charge >= 0.3 is 0 Å². The number of hydrogen-bond acceptors (Lipinski definition) is 3. The number of nitrogens with zero attached hydrogens (tertiary/aromatic N) is 3. The number of hydrogen-bond donors (Lipinski definition) is 0. The van der Waals surface area contributed by atoms with Crippen molar-refractivity contribution in [2.45, 2.75) is 50.5 Å². The van der Waals surface area contributed by atoms with Gasteiger partial charge in [-0.15, -0.1) is 0 Å². The SMILES string of the molecule is Cn1ccnc1C1N(S(=O)(=O)c2ccc3c(c2)CCCC3)CC1(C)C. The highest BCUT2D eigenvalue weighted by Gasteiger charge is 2.54. The molecule has 1 aliphatic carbocycles. The quantitative estimate of drug-likeness (QED) is 0.846. The Morgan fingerprint density at radius 2 is 1.88 bits per heavy atom. The fourth-order valence-corrected chi connectivity index (χ4v) is 6.17. The highest BCUT2D eigenvalue weighted by molar-refractivity contribution is 7.89. The molecule has 1 unspecified atom stereocenters. The van der Waals surface area contributed by atoms with Crippen LogP contribution in [0.1, 0.15) is 49.7 Å². The molecule has 1 aliphatic heterocycles. The molecule has 0 N–H and O–H groups in total. The topological polar surface area (TPSA) is 55.2 Å². The lowest BCUT2D eigenvalue weighted by Gasteiger charge is -2.52. The van der Waals surface area contributed by atoms with Gasteiger partial charge in [0.1, 0.15) is 5.82 Å². The van der Waals surface area contributed by atoms with Crippen molar-refractivity contribution in [2.75, 3.05) is 6.54 Å². The molecule has 0 spiro atoms. The van der Waals surface area contributed by atoms with E-state index in [-0.39, 0.29) is 11.5 Å². The van der Waals surface area contributed by atoms with E-state index in [9.17, 15) is 8.42 Å². The zero-order valence-electron chi connectivity index (χ0n) is 15.1. The smallest absolute Gasteiger partial charge is 0.243 e. The lowest BCUT2D eigenvalue weighted by molar-refractivity contribution is 0.0120. The highest BCUT2D eigenvalue weighted by atomic mass is 32.2. The minimum Gasteiger partial charge on any atom is -0.337 e. The molecule has 6 heteroatoms. The van der Waals surface area contributed by atoms with Crippen LogP contribution in [0.2, 0.25) is 0 Å². The third-order valence-corrected chi connectivity index (χ3v) is 7.43. The van der Waals surface area contributed by atoms with E-state index in [1.54, 1.807) is 16.6 Å². The standard InChI is InChI=1S/C19H25N3O2S/c1-19(2)13-22(17(19)18-20-10-11-21(18)3)25(23,24)16-9-8-14-6-4-5-7-15(14)12-16/h8-12,17H,4-7,13H2,1-3H3. The van der Waals surface area contributed by atoms with Crippen molar-refractivity contribution >= 4 is 10.0 Å². The second-order valence-electron chi connectivity index (χ2n) is 7.98. The van der Waals surface area contributed by atoms with Crippen LogP contribution in [0, 0.1) is 5.41 Å². The maximum absolute atomic E-state index is 13.3. The van der Waals surface area contributed by atoms with Gasteiger partial charge in [0, 0.05) is 31.4 Å². The van der Waals surface area contributed by atoms with E-state index < -0.39 is 10.0 Å². The largest absolute Gasteiger partial charge is 0.337 e. The average Bonchev–Trinajstić information content (AvgIpc) is 2.98. The first-order chi connectivity index (χ1) is 11.8. The summed E-state index contributed by atoms with van der Waals surface area (Å²) in [7, 11) is -1.60. The molecule has 5 nitrogen and oxygen atoms in total. The third-order valence-electron chi connectivity index (χ3n) is 5.62. The molecule has 25 heavy (non-hydrogen) atoms. The van der Waals surface area contributed by atoms with E-state index in [0.29, 0.717) is 11.4 Å². The van der Waals surface area contributed by atoms with Crippen molar-refractivity contribution in [1.82, 2.24) is 13.9 Å². The number of aryl methyl sites for hydroxylation is 3. The molecule has 1 atom stereocenters. The van der Waals surface area contributed by atoms with Crippen molar-refractivity contribution in [3.8, 4) is 0 Å². The lowest BCUT2D eigenvalue weighted by Crippen LogP contribution is -2.58. The molecular formula is C19H25N3O2S. The van der Waals surface area contributed by atoms with Gasteiger partial charge in [-0.3, -0.25) is 0 Å². The number of benzene rings is 1. The first-order valence-electron chi connectivity index (χ1n) is 8.91. The van der Waals surface area contributed by atoms with Gasteiger partial charge in [0.25, 0.3) is 0 Å². The third kappa shape index (κ3) is 2.62. The van der Waals surface area contributed by atoms with Crippen LogP contribution in [-0.4, -0.2) is 28.8 Å². The number of fused-ring (bicyclic) bond motifs is 1. The summed E-state index contributed by atoms with van der Waals surface area (Å²) in [5, 5.41) is 0. The summed E-state index contributed by atoms with van der Waals surface area (Å²) >= 11 is 0. The molecule has 2 aromatic rings. The molecule has 1 saturated heterocycles. The molecule has 1 aromatic carbocycles. The molecule has 4 rings (SSSR count). The number of imidazole rings is 1. The Labute approximate surface area is 149 Å². The Morgan fingerprint density at radius 1 is 1.16 bits per heavy atom. The van der Waals surface area contributed by atoms with Crippen LogP contribution in [0.5, 0.6) is 0 Å². The van der Waals surface area contributed by atoms with E-state index in [0.717, 1.165) is 25.1 Å². The van der Waals surface area contributed by atoms with Crippen molar-refractivity contribution in [3.63, 3.8) is 0 Å². The zero-order chi connectivity index (χ0) is 17.8. The minimum atomic E-state index is -3.52. The van der Waals surface area contributed by atoms with E-state index in [4.69, 9.17) is 0 Å². The molecule has 0 amide bonds. The van der Waals surface area contributed by atoms with Crippen LogP contribution in [-0.2, 0) is 29.9 Å². The molecule has 1 fully saturated rings. The highest BCUT2D eigenvalue weighted by Crippen LogP contribution is 2.50. The maximum Gasteiger partial charge on any atom is 0.243 e. The Balaban J connectivity index is 1.72. The normalized spacial score (nSPS) is 23.1. The fraction of sp³-hybridized carbons (Fsp3) is 0.526. The average molecular weight is 359 g/mol. The number of rotatable bonds is 3. The second kappa shape index (κ2) is 5.68. The molecule has 134 valence electrons. The van der Waals surface area contributed by atoms with Crippen LogP contribution in [0.15, 0.2) is 35.5 Å². The molecular weight excluding hydrogens is 334 g/mol. The molecule has 0 bridgehead atoms. The fourth-order valence-electron chi connectivity index (χ4n) is 4.21. The molecule has 0 radical (unpaired) electrons. The summed E-state index contributed by atoms with van der Waals surface area (Å²) in [6.45, 7) is 4.72. The summed E-state index contributed by atoms with van der Waals surface area (Å²) in [5.74, 6) is 0.804. The Morgan fingerprint density at radius 3 is 2.52 bits per heavy atom. The molecule has 1 aromatic heterocycles. The monoisotopic (exact) mass is 359 g/mol. The summed E-state index contributed by atoms with van der Waals surface area (Å²) in [6.07, 6.45) is 7.97. The van der Waals surface area contributed by atoms with E-state index >= 15 is 0 Å². The summed E-state index contributed by atoms with van der Waals surface area (Å²) in [6, 6.07) is 5.45. The second-order valence-corrected chi connectivity index (χ2v) is 9.87. The van der Waals surface area contributed by atoms with E-state index in [1.165, 1.54) is 17.5 Å². The Bertz CT molecular complexity index is 915. The Kier molecular flexibility index (Phi) is 3.81. The van der Waals surface area contributed by atoms with Gasteiger partial charge in [0.05, 0.1) is 10.9 Å². The van der Waals surface area contributed by atoms with Crippen molar-refractivity contribution in [1.29, 1.82) is 0 Å². The summed E-state index contributed by atoms with van der Waals surface area (Å²) in [5.41, 5.74) is 2.37. The van der Waals surface area contributed by atoms with Crippen LogP contribution in [0.25, 0.3) is 0 Å². The van der Waals surface area contributed by atoms with Gasteiger partial charge in [-0.05, 0) is 48.9 Å². The van der Waals surface area contributed by atoms with Gasteiger partial charge < -0.3 is 4.57 Å². The zero-order valence-corrected chi connectivity index (χ0v) is 15.9. The minimum absolute atomic E-state index is 0.125. The number of sulfonamides is 1. The number of aromatic nitrogens is 2. The molecule has 0 saturated carbocycles. The first kappa shape index (κ1) is 16.8.